The molecule has 0 aromatic rings. The van der Waals surface area contributed by atoms with Crippen molar-refractivity contribution in [3.05, 3.63) is 0 Å². The van der Waals surface area contributed by atoms with Crippen LogP contribution in [0.1, 0.15) is 60.8 Å². The summed E-state index contributed by atoms with van der Waals surface area (Å²) in [5, 5.41) is 0. The lowest BCUT2D eigenvalue weighted by Gasteiger charge is -1.96. The second-order valence-electron chi connectivity index (χ2n) is 5.21. The molecule has 16 heavy (non-hydrogen) atoms. The maximum Gasteiger partial charge on any atom is 0.162 e. The van der Waals surface area contributed by atoms with Crippen molar-refractivity contribution in [2.24, 2.45) is 16.8 Å². The van der Waals surface area contributed by atoms with Gasteiger partial charge < -0.3 is 0 Å². The molecule has 94 valence electrons. The molecule has 1 heterocycles. The van der Waals surface area contributed by atoms with E-state index in [4.69, 9.17) is 0 Å². The van der Waals surface area contributed by atoms with E-state index >= 15 is 0 Å². The van der Waals surface area contributed by atoms with Crippen LogP contribution in [0.5, 0.6) is 0 Å². The van der Waals surface area contributed by atoms with Crippen LogP contribution in [0.25, 0.3) is 0 Å². The van der Waals surface area contributed by atoms with Gasteiger partial charge in [0.15, 0.2) is 5.78 Å². The summed E-state index contributed by atoms with van der Waals surface area (Å²) in [5.41, 5.74) is 0.975. The Kier molecular flexibility index (Phi) is 6.54. The molecule has 1 unspecified atom stereocenters. The van der Waals surface area contributed by atoms with Gasteiger partial charge in [-0.25, -0.2) is 0 Å². The summed E-state index contributed by atoms with van der Waals surface area (Å²) >= 11 is 0. The second-order valence-corrected chi connectivity index (χ2v) is 5.21. The van der Waals surface area contributed by atoms with Gasteiger partial charge >= 0.3 is 0 Å². The van der Waals surface area contributed by atoms with Gasteiger partial charge in [0, 0.05) is 12.1 Å². The zero-order valence-electron chi connectivity index (χ0n) is 10.4. The third kappa shape index (κ3) is 4.91. The fraction of sp³-hybridized carbons (Fsp3) is 0.857. The van der Waals surface area contributed by atoms with Crippen molar-refractivity contribution in [2.75, 3.05) is 0 Å². The van der Waals surface area contributed by atoms with Gasteiger partial charge in [0.25, 0.3) is 0 Å². The average molecular weight is 225 g/mol. The normalized spacial score (nSPS) is 32.6. The summed E-state index contributed by atoms with van der Waals surface area (Å²) in [4.78, 5) is 14.7. The first-order valence-corrected chi connectivity index (χ1v) is 6.05. The quantitative estimate of drug-likeness (QED) is 0.615. The SMILES string of the molecule is C.CC1=NC(C)C(=O)C1.C[C@@H]1CC[C@H](C)C1. The molecule has 0 bridgehead atoms. The van der Waals surface area contributed by atoms with Gasteiger partial charge in [0.1, 0.15) is 6.04 Å². The summed E-state index contributed by atoms with van der Waals surface area (Å²) in [5.74, 6) is 2.30. The van der Waals surface area contributed by atoms with Crippen LogP contribution in [0, 0.1) is 11.8 Å². The van der Waals surface area contributed by atoms with Crippen LogP contribution >= 0.6 is 0 Å². The second kappa shape index (κ2) is 6.82. The van der Waals surface area contributed by atoms with Crippen molar-refractivity contribution in [3.8, 4) is 0 Å². The molecule has 0 aromatic heterocycles. The highest BCUT2D eigenvalue weighted by molar-refractivity contribution is 6.08. The minimum absolute atomic E-state index is 0. The first kappa shape index (κ1) is 15.3. The highest BCUT2D eigenvalue weighted by Gasteiger charge is 2.18. The summed E-state index contributed by atoms with van der Waals surface area (Å²) in [6, 6.07) is -0.0602. The third-order valence-corrected chi connectivity index (χ3v) is 3.27. The summed E-state index contributed by atoms with van der Waals surface area (Å²) in [7, 11) is 0. The third-order valence-electron chi connectivity index (χ3n) is 3.27. The predicted octanol–water partition coefficient (Wildman–Crippen LogP) is 3.89. The smallest absolute Gasteiger partial charge is 0.162 e. The molecule has 1 aliphatic carbocycles. The molecule has 2 heteroatoms. The number of carbonyl (C=O) groups is 1. The fourth-order valence-electron chi connectivity index (χ4n) is 2.34. The van der Waals surface area contributed by atoms with Crippen LogP contribution < -0.4 is 0 Å². The van der Waals surface area contributed by atoms with Gasteiger partial charge in [0.05, 0.1) is 0 Å². The van der Waals surface area contributed by atoms with E-state index in [2.05, 4.69) is 18.8 Å². The number of rotatable bonds is 0. The number of Topliss-reactive ketones (excluding diaryl/α,β-unsaturated/α-hetero) is 1. The van der Waals surface area contributed by atoms with Gasteiger partial charge in [0.2, 0.25) is 0 Å². The van der Waals surface area contributed by atoms with Crippen LogP contribution in [-0.2, 0) is 4.79 Å². The van der Waals surface area contributed by atoms with Crippen LogP contribution in [-0.4, -0.2) is 17.5 Å². The minimum Gasteiger partial charge on any atom is -0.297 e. The number of ketones is 1. The molecule has 0 N–H and O–H groups in total. The Morgan fingerprint density at radius 3 is 1.75 bits per heavy atom. The van der Waals surface area contributed by atoms with Crippen LogP contribution in [0.2, 0.25) is 0 Å². The first-order chi connectivity index (χ1) is 6.99. The molecule has 1 saturated carbocycles. The molecular weight excluding hydrogens is 198 g/mol. The van der Waals surface area contributed by atoms with E-state index in [-0.39, 0.29) is 19.3 Å². The molecule has 0 amide bonds. The van der Waals surface area contributed by atoms with Crippen LogP contribution in [0.3, 0.4) is 0 Å². The topological polar surface area (TPSA) is 29.4 Å². The van der Waals surface area contributed by atoms with E-state index in [1.807, 2.05) is 13.8 Å². The number of nitrogens with zero attached hydrogens (tertiary/aromatic N) is 1. The molecular formula is C14H27NO. The van der Waals surface area contributed by atoms with E-state index in [9.17, 15) is 4.79 Å². The number of aliphatic imine (C=N–C) groups is 1. The first-order valence-electron chi connectivity index (χ1n) is 6.05. The van der Waals surface area contributed by atoms with Gasteiger partial charge in [-0.15, -0.1) is 0 Å². The minimum atomic E-state index is -0.0602. The summed E-state index contributed by atoms with van der Waals surface area (Å²) in [6.07, 6.45) is 4.99. The van der Waals surface area contributed by atoms with Crippen molar-refractivity contribution in [3.63, 3.8) is 0 Å². The Labute approximate surface area is 101 Å². The van der Waals surface area contributed by atoms with E-state index < -0.39 is 0 Å². The Balaban J connectivity index is 0.000000267. The van der Waals surface area contributed by atoms with Crippen molar-refractivity contribution < 1.29 is 4.79 Å². The maximum atomic E-state index is 10.7. The zero-order chi connectivity index (χ0) is 11.4. The van der Waals surface area contributed by atoms with E-state index in [0.717, 1.165) is 17.5 Å². The Morgan fingerprint density at radius 1 is 1.12 bits per heavy atom. The molecule has 0 radical (unpaired) electrons. The lowest BCUT2D eigenvalue weighted by molar-refractivity contribution is -0.118. The molecule has 0 aromatic carbocycles. The monoisotopic (exact) mass is 225 g/mol. The molecule has 2 rings (SSSR count). The summed E-state index contributed by atoms with van der Waals surface area (Å²) in [6.45, 7) is 8.42. The molecule has 1 aliphatic heterocycles. The van der Waals surface area contributed by atoms with E-state index in [1.54, 1.807) is 0 Å². The van der Waals surface area contributed by atoms with Crippen molar-refractivity contribution >= 4 is 11.5 Å². The standard InChI is InChI=1S/C7H14.C6H9NO.CH4/c1-6-3-4-7(2)5-6;1-4-3-6(8)5(2)7-4;/h6-7H,3-5H2,1-2H3;5H,3H2,1-2H3;1H4/t6-,7+;;. The van der Waals surface area contributed by atoms with Gasteiger partial charge in [-0.2, -0.15) is 0 Å². The fourth-order valence-corrected chi connectivity index (χ4v) is 2.34. The molecule has 0 spiro atoms. The number of hydrogen-bond acceptors (Lipinski definition) is 2. The highest BCUT2D eigenvalue weighted by Crippen LogP contribution is 2.29. The molecule has 2 aliphatic rings. The van der Waals surface area contributed by atoms with Crippen molar-refractivity contribution in [2.45, 2.75) is 66.8 Å². The molecule has 0 saturated heterocycles. The summed E-state index contributed by atoms with van der Waals surface area (Å²) < 4.78 is 0. The van der Waals surface area contributed by atoms with Crippen molar-refractivity contribution in [1.29, 1.82) is 0 Å². The van der Waals surface area contributed by atoms with Crippen LogP contribution in [0.4, 0.5) is 0 Å². The van der Waals surface area contributed by atoms with E-state index in [0.29, 0.717) is 6.42 Å². The predicted molar refractivity (Wildman–Crippen MR) is 71.1 cm³/mol. The zero-order valence-corrected chi connectivity index (χ0v) is 10.4. The molecule has 3 atom stereocenters. The maximum absolute atomic E-state index is 10.7. The largest absolute Gasteiger partial charge is 0.297 e. The van der Waals surface area contributed by atoms with Gasteiger partial charge in [-0.1, -0.05) is 34.1 Å². The molecule has 2 nitrogen and oxygen atoms in total. The number of hydrogen-bond donors (Lipinski definition) is 0. The average Bonchev–Trinajstić information content (AvgIpc) is 2.61. The van der Waals surface area contributed by atoms with Gasteiger partial charge in [-0.3, -0.25) is 9.79 Å². The Bertz CT molecular complexity index is 249. The Morgan fingerprint density at radius 2 is 1.62 bits per heavy atom. The van der Waals surface area contributed by atoms with E-state index in [1.165, 1.54) is 19.3 Å². The number of carbonyl (C=O) groups excluding carboxylic acids is 1. The lowest BCUT2D eigenvalue weighted by atomic mass is 10.1. The molecule has 1 fully saturated rings. The highest BCUT2D eigenvalue weighted by atomic mass is 16.1. The lowest BCUT2D eigenvalue weighted by Crippen LogP contribution is -2.06. The van der Waals surface area contributed by atoms with Crippen molar-refractivity contribution in [1.82, 2.24) is 0 Å². The van der Waals surface area contributed by atoms with Crippen LogP contribution in [0.15, 0.2) is 4.99 Å². The Hall–Kier alpha value is -0.660. The van der Waals surface area contributed by atoms with Gasteiger partial charge in [-0.05, 0) is 32.1 Å².